The molecular formula is C17H19ClFN3O. The van der Waals surface area contributed by atoms with Crippen molar-refractivity contribution in [2.75, 3.05) is 13.1 Å². The van der Waals surface area contributed by atoms with Crippen molar-refractivity contribution < 1.29 is 9.18 Å². The minimum Gasteiger partial charge on any atom is -0.339 e. The second-order valence-electron chi connectivity index (χ2n) is 5.99. The predicted molar refractivity (Wildman–Crippen MR) is 87.0 cm³/mol. The van der Waals surface area contributed by atoms with E-state index in [1.165, 1.54) is 18.2 Å². The third kappa shape index (κ3) is 3.55. The number of benzene rings is 1. The van der Waals surface area contributed by atoms with Crippen LogP contribution >= 0.6 is 11.6 Å². The van der Waals surface area contributed by atoms with Crippen LogP contribution in [0.15, 0.2) is 30.6 Å². The van der Waals surface area contributed by atoms with Gasteiger partial charge in [0.1, 0.15) is 11.6 Å². The Morgan fingerprint density at radius 1 is 1.39 bits per heavy atom. The van der Waals surface area contributed by atoms with E-state index in [4.69, 9.17) is 11.6 Å². The number of amides is 1. The van der Waals surface area contributed by atoms with Crippen molar-refractivity contribution in [3.05, 3.63) is 52.8 Å². The second-order valence-corrected chi connectivity index (χ2v) is 6.39. The summed E-state index contributed by atoms with van der Waals surface area (Å²) in [5, 5.41) is 0.172. The predicted octanol–water partition coefficient (Wildman–Crippen LogP) is 3.54. The summed E-state index contributed by atoms with van der Waals surface area (Å²) in [6, 6.07) is 3.91. The summed E-state index contributed by atoms with van der Waals surface area (Å²) < 4.78 is 15.3. The lowest BCUT2D eigenvalue weighted by Gasteiger charge is -2.32. The smallest absolute Gasteiger partial charge is 0.255 e. The maximum Gasteiger partial charge on any atom is 0.255 e. The number of hydrogen-bond donors (Lipinski definition) is 0. The molecule has 6 heteroatoms. The molecule has 1 aliphatic rings. The van der Waals surface area contributed by atoms with Gasteiger partial charge in [-0.1, -0.05) is 11.6 Å². The average molecular weight is 336 g/mol. The molecule has 23 heavy (non-hydrogen) atoms. The largest absolute Gasteiger partial charge is 0.339 e. The maximum atomic E-state index is 13.1. The molecule has 1 fully saturated rings. The lowest BCUT2D eigenvalue weighted by atomic mass is 9.96. The highest BCUT2D eigenvalue weighted by Crippen LogP contribution is 2.24. The van der Waals surface area contributed by atoms with Crippen LogP contribution in [0.3, 0.4) is 0 Å². The Kier molecular flexibility index (Phi) is 4.66. The number of nitrogens with zero attached hydrogens (tertiary/aromatic N) is 3. The first kappa shape index (κ1) is 16.0. The van der Waals surface area contributed by atoms with Gasteiger partial charge in [0.2, 0.25) is 0 Å². The number of aromatic nitrogens is 2. The molecule has 1 aromatic heterocycles. The van der Waals surface area contributed by atoms with Crippen LogP contribution in [-0.4, -0.2) is 33.4 Å². The summed E-state index contributed by atoms with van der Waals surface area (Å²) in [6.45, 7) is 4.33. The van der Waals surface area contributed by atoms with Gasteiger partial charge >= 0.3 is 0 Å². The molecule has 4 nitrogen and oxygen atoms in total. The van der Waals surface area contributed by atoms with Crippen molar-refractivity contribution >= 4 is 17.5 Å². The molecule has 2 aromatic rings. The van der Waals surface area contributed by atoms with Crippen LogP contribution in [0.4, 0.5) is 4.39 Å². The van der Waals surface area contributed by atoms with E-state index in [0.717, 1.165) is 25.2 Å². The van der Waals surface area contributed by atoms with Crippen LogP contribution in [0.25, 0.3) is 0 Å². The van der Waals surface area contributed by atoms with E-state index in [-0.39, 0.29) is 10.9 Å². The van der Waals surface area contributed by atoms with E-state index in [2.05, 4.69) is 9.55 Å². The molecular weight excluding hydrogens is 317 g/mol. The number of hydrogen-bond acceptors (Lipinski definition) is 2. The lowest BCUT2D eigenvalue weighted by molar-refractivity contribution is 0.0682. The van der Waals surface area contributed by atoms with Gasteiger partial charge in [0.05, 0.1) is 10.6 Å². The van der Waals surface area contributed by atoms with Gasteiger partial charge in [0.25, 0.3) is 5.91 Å². The normalized spacial score (nSPS) is 15.9. The first-order chi connectivity index (χ1) is 11.0. The van der Waals surface area contributed by atoms with Gasteiger partial charge in [-0.05, 0) is 43.9 Å². The van der Waals surface area contributed by atoms with E-state index in [0.29, 0.717) is 24.6 Å². The number of carbonyl (C=O) groups excluding carboxylic acids is 1. The Morgan fingerprint density at radius 2 is 2.13 bits per heavy atom. The van der Waals surface area contributed by atoms with Gasteiger partial charge in [-0.15, -0.1) is 0 Å². The summed E-state index contributed by atoms with van der Waals surface area (Å²) in [6.07, 6.45) is 5.69. The Labute approximate surface area is 139 Å². The van der Waals surface area contributed by atoms with E-state index >= 15 is 0 Å². The van der Waals surface area contributed by atoms with Gasteiger partial charge in [-0.2, -0.15) is 0 Å². The van der Waals surface area contributed by atoms with Crippen molar-refractivity contribution in [2.24, 2.45) is 5.92 Å². The van der Waals surface area contributed by atoms with Gasteiger partial charge < -0.3 is 9.47 Å². The number of piperidine rings is 1. The third-order valence-electron chi connectivity index (χ3n) is 4.44. The van der Waals surface area contributed by atoms with E-state index in [9.17, 15) is 9.18 Å². The number of imidazole rings is 1. The summed E-state index contributed by atoms with van der Waals surface area (Å²) in [5.74, 6) is 1.01. The molecule has 3 rings (SSSR count). The van der Waals surface area contributed by atoms with Crippen LogP contribution < -0.4 is 0 Å². The zero-order valence-electron chi connectivity index (χ0n) is 13.0. The van der Waals surface area contributed by atoms with Crippen LogP contribution in [0.2, 0.25) is 5.02 Å². The van der Waals surface area contributed by atoms with Crippen molar-refractivity contribution in [1.29, 1.82) is 0 Å². The van der Waals surface area contributed by atoms with E-state index in [1.54, 1.807) is 4.90 Å². The molecule has 1 aromatic carbocycles. The van der Waals surface area contributed by atoms with Crippen LogP contribution in [0.1, 0.15) is 29.0 Å². The second kappa shape index (κ2) is 6.71. The zero-order valence-corrected chi connectivity index (χ0v) is 13.8. The molecule has 1 aliphatic heterocycles. The summed E-state index contributed by atoms with van der Waals surface area (Å²) in [5.41, 5.74) is 0.372. The molecule has 2 heterocycles. The number of likely N-dealkylation sites (tertiary alicyclic amines) is 1. The fourth-order valence-electron chi connectivity index (χ4n) is 3.03. The number of carbonyl (C=O) groups is 1. The number of halogens is 2. The number of rotatable bonds is 3. The van der Waals surface area contributed by atoms with Crippen molar-refractivity contribution in [1.82, 2.24) is 14.5 Å². The first-order valence-corrected chi connectivity index (χ1v) is 8.14. The fourth-order valence-corrected chi connectivity index (χ4v) is 3.27. The topological polar surface area (TPSA) is 38.1 Å². The Balaban J connectivity index is 1.60. The Morgan fingerprint density at radius 3 is 2.74 bits per heavy atom. The van der Waals surface area contributed by atoms with Crippen molar-refractivity contribution in [3.8, 4) is 0 Å². The standard InChI is InChI=1S/C17H19ClFN3O/c1-12-20-6-9-22(12)11-13-4-7-21(8-5-13)17(23)15-3-2-14(19)10-16(15)18/h2-3,6,9-10,13H,4-5,7-8,11H2,1H3. The van der Waals surface area contributed by atoms with Gasteiger partial charge in [-0.3, -0.25) is 4.79 Å². The molecule has 0 radical (unpaired) electrons. The summed E-state index contributed by atoms with van der Waals surface area (Å²) in [4.78, 5) is 18.6. The zero-order chi connectivity index (χ0) is 16.4. The lowest BCUT2D eigenvalue weighted by Crippen LogP contribution is -2.39. The number of aryl methyl sites for hydroxylation is 1. The highest BCUT2D eigenvalue weighted by molar-refractivity contribution is 6.33. The molecule has 1 saturated heterocycles. The molecule has 122 valence electrons. The Bertz CT molecular complexity index is 708. The molecule has 0 bridgehead atoms. The molecule has 1 amide bonds. The van der Waals surface area contributed by atoms with Crippen LogP contribution in [0.5, 0.6) is 0 Å². The summed E-state index contributed by atoms with van der Waals surface area (Å²) >= 11 is 5.99. The quantitative estimate of drug-likeness (QED) is 0.860. The molecule has 0 N–H and O–H groups in total. The molecule has 0 atom stereocenters. The van der Waals surface area contributed by atoms with Crippen LogP contribution in [-0.2, 0) is 6.54 Å². The fraction of sp³-hybridized carbons (Fsp3) is 0.412. The van der Waals surface area contributed by atoms with E-state index in [1.807, 2.05) is 19.3 Å². The molecule has 0 aliphatic carbocycles. The highest BCUT2D eigenvalue weighted by Gasteiger charge is 2.25. The van der Waals surface area contributed by atoms with Gasteiger partial charge in [0.15, 0.2) is 0 Å². The van der Waals surface area contributed by atoms with E-state index < -0.39 is 5.82 Å². The molecule has 0 unspecified atom stereocenters. The third-order valence-corrected chi connectivity index (χ3v) is 4.75. The van der Waals surface area contributed by atoms with Crippen molar-refractivity contribution in [2.45, 2.75) is 26.3 Å². The average Bonchev–Trinajstić information content (AvgIpc) is 2.93. The van der Waals surface area contributed by atoms with Gasteiger partial charge in [0, 0.05) is 32.0 Å². The molecule has 0 saturated carbocycles. The SMILES string of the molecule is Cc1nccn1CC1CCN(C(=O)c2ccc(F)cc2Cl)CC1. The summed E-state index contributed by atoms with van der Waals surface area (Å²) in [7, 11) is 0. The van der Waals surface area contributed by atoms with Crippen molar-refractivity contribution in [3.63, 3.8) is 0 Å². The highest BCUT2D eigenvalue weighted by atomic mass is 35.5. The monoisotopic (exact) mass is 335 g/mol. The Hall–Kier alpha value is -1.88. The maximum absolute atomic E-state index is 13.1. The van der Waals surface area contributed by atoms with Gasteiger partial charge in [-0.25, -0.2) is 9.37 Å². The minimum absolute atomic E-state index is 0.118. The molecule has 0 spiro atoms. The minimum atomic E-state index is -0.430. The first-order valence-electron chi connectivity index (χ1n) is 7.76. The van der Waals surface area contributed by atoms with Crippen LogP contribution in [0, 0.1) is 18.7 Å².